The van der Waals surface area contributed by atoms with Crippen molar-refractivity contribution in [3.05, 3.63) is 23.3 Å². The first kappa shape index (κ1) is 6.60. The lowest BCUT2D eigenvalue weighted by molar-refractivity contribution is 0.948. The van der Waals surface area contributed by atoms with E-state index in [0.717, 1.165) is 0 Å². The number of hydrogen-bond donors (Lipinski definition) is 0. The van der Waals surface area contributed by atoms with Gasteiger partial charge in [0, 0.05) is 0 Å². The molecule has 1 rings (SSSR count). The molecule has 1 aliphatic carbocycles. The van der Waals surface area contributed by atoms with Crippen LogP contribution in [0.2, 0.25) is 0 Å². The zero-order valence-electron chi connectivity index (χ0n) is 6.44. The van der Waals surface area contributed by atoms with Crippen molar-refractivity contribution in [2.24, 2.45) is 5.92 Å². The van der Waals surface area contributed by atoms with E-state index in [1.165, 1.54) is 17.6 Å². The fraction of sp³-hybridized carbons (Fsp3) is 0.556. The predicted octanol–water partition coefficient (Wildman–Crippen LogP) is 2.92. The molecule has 0 saturated heterocycles. The van der Waals surface area contributed by atoms with Crippen LogP contribution in [0.25, 0.3) is 0 Å². The third-order valence-electron chi connectivity index (χ3n) is 1.86. The quantitative estimate of drug-likeness (QED) is 0.501. The Morgan fingerprint density at radius 1 is 1.44 bits per heavy atom. The lowest BCUT2D eigenvalue weighted by atomic mass is 10.1. The Hall–Kier alpha value is -0.520. The van der Waals surface area contributed by atoms with Crippen molar-refractivity contribution >= 4 is 0 Å². The maximum absolute atomic E-state index is 2.34. The van der Waals surface area contributed by atoms with Gasteiger partial charge in [-0.25, -0.2) is 0 Å². The maximum atomic E-state index is 2.34. The van der Waals surface area contributed by atoms with Crippen molar-refractivity contribution in [1.29, 1.82) is 0 Å². The molecule has 0 saturated carbocycles. The summed E-state index contributed by atoms with van der Waals surface area (Å²) in [6.07, 6.45) is 5.85. The molecule has 0 aromatic rings. The maximum Gasteiger partial charge on any atom is -0.00702 e. The van der Waals surface area contributed by atoms with E-state index in [2.05, 4.69) is 32.9 Å². The molecule has 0 aromatic carbocycles. The molecule has 0 spiro atoms. The first-order valence-electron chi connectivity index (χ1n) is 3.63. The number of rotatable bonds is 1. The van der Waals surface area contributed by atoms with E-state index in [0.29, 0.717) is 5.92 Å². The lowest BCUT2D eigenvalue weighted by Crippen LogP contribution is -1.75. The van der Waals surface area contributed by atoms with E-state index in [1.54, 1.807) is 0 Å². The first-order valence-corrected chi connectivity index (χ1v) is 3.63. The topological polar surface area (TPSA) is 0 Å². The third-order valence-corrected chi connectivity index (χ3v) is 1.86. The monoisotopic (exact) mass is 122 g/mol. The minimum atomic E-state index is 0.681. The molecule has 0 N–H and O–H groups in total. The van der Waals surface area contributed by atoms with Gasteiger partial charge in [-0.2, -0.15) is 0 Å². The van der Waals surface area contributed by atoms with Gasteiger partial charge in [0.15, 0.2) is 0 Å². The van der Waals surface area contributed by atoms with Crippen LogP contribution < -0.4 is 0 Å². The van der Waals surface area contributed by atoms with Crippen molar-refractivity contribution in [3.63, 3.8) is 0 Å². The molecule has 0 amide bonds. The zero-order chi connectivity index (χ0) is 6.85. The van der Waals surface area contributed by atoms with Gasteiger partial charge in [0.05, 0.1) is 0 Å². The molecule has 1 atom stereocenters. The molecule has 0 aromatic heterocycles. The van der Waals surface area contributed by atoms with Crippen LogP contribution in [-0.2, 0) is 0 Å². The SMILES string of the molecule is CCC1=CC(C)C=C1C. The highest BCUT2D eigenvalue weighted by molar-refractivity contribution is 5.36. The van der Waals surface area contributed by atoms with Crippen molar-refractivity contribution in [2.45, 2.75) is 27.2 Å². The fourth-order valence-corrected chi connectivity index (χ4v) is 1.39. The van der Waals surface area contributed by atoms with Gasteiger partial charge in [-0.15, -0.1) is 0 Å². The highest BCUT2D eigenvalue weighted by Crippen LogP contribution is 2.24. The third kappa shape index (κ3) is 1.24. The Labute approximate surface area is 57.3 Å². The standard InChI is InChI=1S/C9H14/c1-4-9-6-7(2)5-8(9)3/h5-7H,4H2,1-3H3. The summed E-state index contributed by atoms with van der Waals surface area (Å²) in [6.45, 7) is 6.63. The van der Waals surface area contributed by atoms with Crippen LogP contribution in [0.5, 0.6) is 0 Å². The molecule has 0 radical (unpaired) electrons. The highest BCUT2D eigenvalue weighted by atomic mass is 14.1. The smallest absolute Gasteiger partial charge is 0.00702 e. The second-order valence-corrected chi connectivity index (χ2v) is 2.75. The van der Waals surface area contributed by atoms with Gasteiger partial charge < -0.3 is 0 Å². The van der Waals surface area contributed by atoms with E-state index < -0.39 is 0 Å². The summed E-state index contributed by atoms with van der Waals surface area (Å²) in [5.41, 5.74) is 3.01. The summed E-state index contributed by atoms with van der Waals surface area (Å²) >= 11 is 0. The molecule has 50 valence electrons. The van der Waals surface area contributed by atoms with Crippen LogP contribution in [0.3, 0.4) is 0 Å². The van der Waals surface area contributed by atoms with E-state index >= 15 is 0 Å². The van der Waals surface area contributed by atoms with E-state index in [-0.39, 0.29) is 0 Å². The molecule has 0 nitrogen and oxygen atoms in total. The Morgan fingerprint density at radius 3 is 2.33 bits per heavy atom. The van der Waals surface area contributed by atoms with Gasteiger partial charge in [-0.3, -0.25) is 0 Å². The summed E-state index contributed by atoms with van der Waals surface area (Å²) in [4.78, 5) is 0. The van der Waals surface area contributed by atoms with Crippen molar-refractivity contribution in [1.82, 2.24) is 0 Å². The van der Waals surface area contributed by atoms with E-state index in [9.17, 15) is 0 Å². The van der Waals surface area contributed by atoms with Crippen LogP contribution in [0.1, 0.15) is 27.2 Å². The Bertz CT molecular complexity index is 161. The second-order valence-electron chi connectivity index (χ2n) is 2.75. The minimum Gasteiger partial charge on any atom is -0.0747 e. The highest BCUT2D eigenvalue weighted by Gasteiger charge is 2.07. The largest absolute Gasteiger partial charge is 0.0747 e. The Balaban J connectivity index is 2.75. The average Bonchev–Trinajstić information content (AvgIpc) is 2.10. The summed E-state index contributed by atoms with van der Waals surface area (Å²) < 4.78 is 0. The summed E-state index contributed by atoms with van der Waals surface area (Å²) in [5.74, 6) is 0.681. The summed E-state index contributed by atoms with van der Waals surface area (Å²) in [5, 5.41) is 0. The van der Waals surface area contributed by atoms with Gasteiger partial charge in [0.1, 0.15) is 0 Å². The van der Waals surface area contributed by atoms with Gasteiger partial charge in [0.25, 0.3) is 0 Å². The molecule has 0 fully saturated rings. The van der Waals surface area contributed by atoms with Crippen LogP contribution in [0.15, 0.2) is 23.3 Å². The predicted molar refractivity (Wildman–Crippen MR) is 41.3 cm³/mol. The van der Waals surface area contributed by atoms with Gasteiger partial charge in [0.2, 0.25) is 0 Å². The molecule has 0 heterocycles. The molecule has 1 unspecified atom stereocenters. The lowest BCUT2D eigenvalue weighted by Gasteiger charge is -1.95. The molecular formula is C9H14. The fourth-order valence-electron chi connectivity index (χ4n) is 1.39. The number of hydrogen-bond acceptors (Lipinski definition) is 0. The van der Waals surface area contributed by atoms with Gasteiger partial charge in [-0.1, -0.05) is 31.6 Å². The molecule has 9 heavy (non-hydrogen) atoms. The van der Waals surface area contributed by atoms with E-state index in [1.807, 2.05) is 0 Å². The second kappa shape index (κ2) is 2.38. The van der Waals surface area contributed by atoms with Crippen molar-refractivity contribution in [3.8, 4) is 0 Å². The van der Waals surface area contributed by atoms with Crippen LogP contribution in [0.4, 0.5) is 0 Å². The van der Waals surface area contributed by atoms with Crippen molar-refractivity contribution < 1.29 is 0 Å². The van der Waals surface area contributed by atoms with Crippen molar-refractivity contribution in [2.75, 3.05) is 0 Å². The zero-order valence-corrected chi connectivity index (χ0v) is 6.44. The van der Waals surface area contributed by atoms with E-state index in [4.69, 9.17) is 0 Å². The van der Waals surface area contributed by atoms with Crippen LogP contribution in [-0.4, -0.2) is 0 Å². The first-order chi connectivity index (χ1) is 4.24. The molecule has 0 heteroatoms. The molecule has 0 aliphatic heterocycles. The Morgan fingerprint density at radius 2 is 2.11 bits per heavy atom. The summed E-state index contributed by atoms with van der Waals surface area (Å²) in [6, 6.07) is 0. The minimum absolute atomic E-state index is 0.681. The van der Waals surface area contributed by atoms with Gasteiger partial charge >= 0.3 is 0 Å². The molecule has 1 aliphatic rings. The van der Waals surface area contributed by atoms with Crippen LogP contribution in [0, 0.1) is 5.92 Å². The summed E-state index contributed by atoms with van der Waals surface area (Å²) in [7, 11) is 0. The average molecular weight is 122 g/mol. The number of allylic oxidation sites excluding steroid dienone is 4. The van der Waals surface area contributed by atoms with Gasteiger partial charge in [-0.05, 0) is 24.8 Å². The molecular weight excluding hydrogens is 108 g/mol. The van der Waals surface area contributed by atoms with Crippen LogP contribution >= 0.6 is 0 Å². The Kier molecular flexibility index (Phi) is 1.75. The molecule has 0 bridgehead atoms. The normalized spacial score (nSPS) is 25.9.